The van der Waals surface area contributed by atoms with Crippen LogP contribution in [0.4, 0.5) is 4.39 Å². The molecule has 2 aromatic carbocycles. The maximum absolute atomic E-state index is 13.9. The average Bonchev–Trinajstić information content (AvgIpc) is 3.07. The number of rotatable bonds is 7. The lowest BCUT2D eigenvalue weighted by molar-refractivity contribution is -0.121. The summed E-state index contributed by atoms with van der Waals surface area (Å²) in [4.78, 5) is 12.4. The average molecular weight is 415 g/mol. The van der Waals surface area contributed by atoms with E-state index in [1.54, 1.807) is 23.6 Å². The standard InChI is InChI=1S/C21H23FN4O2S/c1-13-4-6-15(7-5-13)20-24-25-21(29)26(20)11-10-19(27)23-14(2)16-8-9-18(28-3)17(22)12-16/h4-9,12,14H,10-11H2,1-3H3,(H,23,27)(H,25,29)/t14-/m0/s1. The lowest BCUT2D eigenvalue weighted by Gasteiger charge is -2.15. The zero-order valence-electron chi connectivity index (χ0n) is 16.5. The van der Waals surface area contributed by atoms with Gasteiger partial charge in [0.15, 0.2) is 22.2 Å². The second-order valence-electron chi connectivity index (χ2n) is 6.80. The molecular weight excluding hydrogens is 391 g/mol. The number of methoxy groups -OCH3 is 1. The largest absolute Gasteiger partial charge is 0.494 e. The van der Waals surface area contributed by atoms with E-state index in [4.69, 9.17) is 17.0 Å². The number of aromatic nitrogens is 3. The molecule has 0 aliphatic heterocycles. The number of nitrogens with zero attached hydrogens (tertiary/aromatic N) is 2. The van der Waals surface area contributed by atoms with Gasteiger partial charge in [0.2, 0.25) is 5.91 Å². The molecule has 3 aromatic rings. The van der Waals surface area contributed by atoms with Crippen LogP contribution < -0.4 is 10.1 Å². The van der Waals surface area contributed by atoms with Gasteiger partial charge in [-0.15, -0.1) is 0 Å². The van der Waals surface area contributed by atoms with Crippen molar-refractivity contribution in [2.24, 2.45) is 0 Å². The molecule has 0 aliphatic rings. The van der Waals surface area contributed by atoms with E-state index < -0.39 is 5.82 Å². The fourth-order valence-corrected chi connectivity index (χ4v) is 3.23. The van der Waals surface area contributed by atoms with Crippen molar-refractivity contribution in [3.8, 4) is 17.1 Å². The lowest BCUT2D eigenvalue weighted by Crippen LogP contribution is -2.27. The van der Waals surface area contributed by atoms with Gasteiger partial charge in [-0.3, -0.25) is 14.5 Å². The Kier molecular flexibility index (Phi) is 6.43. The predicted molar refractivity (Wildman–Crippen MR) is 112 cm³/mol. The van der Waals surface area contributed by atoms with Crippen LogP contribution in [0.1, 0.15) is 30.5 Å². The van der Waals surface area contributed by atoms with Crippen LogP contribution in [0.2, 0.25) is 0 Å². The van der Waals surface area contributed by atoms with Gasteiger partial charge in [0.1, 0.15) is 0 Å². The molecular formula is C21H23FN4O2S. The Balaban J connectivity index is 1.65. The van der Waals surface area contributed by atoms with Gasteiger partial charge in [-0.25, -0.2) is 4.39 Å². The van der Waals surface area contributed by atoms with Gasteiger partial charge in [-0.2, -0.15) is 5.10 Å². The van der Waals surface area contributed by atoms with E-state index in [2.05, 4.69) is 15.5 Å². The number of aryl methyl sites for hydroxylation is 1. The van der Waals surface area contributed by atoms with Crippen molar-refractivity contribution < 1.29 is 13.9 Å². The van der Waals surface area contributed by atoms with E-state index >= 15 is 0 Å². The number of ether oxygens (including phenoxy) is 1. The number of carbonyl (C=O) groups excluding carboxylic acids is 1. The summed E-state index contributed by atoms with van der Waals surface area (Å²) in [5.74, 6) is 0.239. The number of hydrogen-bond donors (Lipinski definition) is 2. The molecule has 152 valence electrons. The third kappa shape index (κ3) is 4.89. The first kappa shape index (κ1) is 20.7. The molecule has 1 amide bonds. The van der Waals surface area contributed by atoms with E-state index in [-0.39, 0.29) is 24.1 Å². The van der Waals surface area contributed by atoms with Crippen LogP contribution in [-0.2, 0) is 11.3 Å². The van der Waals surface area contributed by atoms with Gasteiger partial charge < -0.3 is 10.1 Å². The summed E-state index contributed by atoms with van der Waals surface area (Å²) in [5.41, 5.74) is 2.74. The highest BCUT2D eigenvalue weighted by atomic mass is 32.1. The van der Waals surface area contributed by atoms with Crippen molar-refractivity contribution >= 4 is 18.1 Å². The van der Waals surface area contributed by atoms with Crippen molar-refractivity contribution in [2.45, 2.75) is 32.9 Å². The van der Waals surface area contributed by atoms with Gasteiger partial charge in [0.05, 0.1) is 13.2 Å². The second kappa shape index (κ2) is 9.00. The third-order valence-corrected chi connectivity index (χ3v) is 5.00. The SMILES string of the molecule is COc1ccc([C@H](C)NC(=O)CCn2c(-c3ccc(C)cc3)n[nH]c2=S)cc1F. The summed E-state index contributed by atoms with van der Waals surface area (Å²) in [7, 11) is 1.41. The van der Waals surface area contributed by atoms with Gasteiger partial charge >= 0.3 is 0 Å². The molecule has 0 saturated heterocycles. The number of carbonyl (C=O) groups is 1. The van der Waals surface area contributed by atoms with Crippen LogP contribution in [0.15, 0.2) is 42.5 Å². The van der Waals surface area contributed by atoms with Crippen molar-refractivity contribution in [3.63, 3.8) is 0 Å². The van der Waals surface area contributed by atoms with Crippen LogP contribution in [0.25, 0.3) is 11.4 Å². The molecule has 29 heavy (non-hydrogen) atoms. The summed E-state index contributed by atoms with van der Waals surface area (Å²) in [6, 6.07) is 12.2. The van der Waals surface area contributed by atoms with Crippen LogP contribution in [0.5, 0.6) is 5.75 Å². The van der Waals surface area contributed by atoms with Crippen LogP contribution in [0.3, 0.4) is 0 Å². The summed E-state index contributed by atoms with van der Waals surface area (Å²) < 4.78 is 21.1. The van der Waals surface area contributed by atoms with Crippen molar-refractivity contribution in [1.29, 1.82) is 0 Å². The van der Waals surface area contributed by atoms with Crippen molar-refractivity contribution in [3.05, 3.63) is 64.2 Å². The molecule has 6 nitrogen and oxygen atoms in total. The number of hydrogen-bond acceptors (Lipinski definition) is 4. The predicted octanol–water partition coefficient (Wildman–Crippen LogP) is 4.33. The van der Waals surface area contributed by atoms with E-state index in [1.807, 2.05) is 31.2 Å². The van der Waals surface area contributed by atoms with Crippen LogP contribution in [-0.4, -0.2) is 27.8 Å². The summed E-state index contributed by atoms with van der Waals surface area (Å²) in [6.45, 7) is 4.20. The zero-order chi connectivity index (χ0) is 21.0. The number of aromatic amines is 1. The Labute approximate surface area is 173 Å². The lowest BCUT2D eigenvalue weighted by atomic mass is 10.1. The highest BCUT2D eigenvalue weighted by molar-refractivity contribution is 7.71. The topological polar surface area (TPSA) is 71.9 Å². The Morgan fingerprint density at radius 2 is 2.03 bits per heavy atom. The van der Waals surface area contributed by atoms with Gasteiger partial charge in [-0.1, -0.05) is 35.9 Å². The molecule has 3 rings (SSSR count). The molecule has 0 saturated carbocycles. The minimum Gasteiger partial charge on any atom is -0.494 e. The number of benzene rings is 2. The molecule has 0 aliphatic carbocycles. The van der Waals surface area contributed by atoms with Crippen molar-refractivity contribution in [2.75, 3.05) is 7.11 Å². The quantitative estimate of drug-likeness (QED) is 0.565. The van der Waals surface area contributed by atoms with Gasteiger partial charge in [0.25, 0.3) is 0 Å². The maximum atomic E-state index is 13.9. The Morgan fingerprint density at radius 1 is 1.31 bits per heavy atom. The van der Waals surface area contributed by atoms with Gasteiger partial charge in [0, 0.05) is 18.5 Å². The van der Waals surface area contributed by atoms with Crippen molar-refractivity contribution in [1.82, 2.24) is 20.1 Å². The van der Waals surface area contributed by atoms with Crippen LogP contribution >= 0.6 is 12.2 Å². The minimum atomic E-state index is -0.460. The summed E-state index contributed by atoms with van der Waals surface area (Å²) >= 11 is 5.31. The number of nitrogens with one attached hydrogen (secondary N) is 2. The smallest absolute Gasteiger partial charge is 0.222 e. The first-order valence-corrected chi connectivity index (χ1v) is 9.65. The van der Waals surface area contributed by atoms with E-state index in [0.717, 1.165) is 11.1 Å². The maximum Gasteiger partial charge on any atom is 0.222 e. The molecule has 0 bridgehead atoms. The molecule has 0 radical (unpaired) electrons. The molecule has 0 unspecified atom stereocenters. The Hall–Kier alpha value is -3.00. The third-order valence-electron chi connectivity index (χ3n) is 4.68. The first-order chi connectivity index (χ1) is 13.9. The molecule has 0 spiro atoms. The highest BCUT2D eigenvalue weighted by Crippen LogP contribution is 2.22. The van der Waals surface area contributed by atoms with Gasteiger partial charge in [-0.05, 0) is 43.8 Å². The minimum absolute atomic E-state index is 0.160. The van der Waals surface area contributed by atoms with Crippen LogP contribution in [0, 0.1) is 17.5 Å². The molecule has 0 fully saturated rings. The van der Waals surface area contributed by atoms with E-state index in [0.29, 0.717) is 22.7 Å². The molecule has 1 aromatic heterocycles. The summed E-state index contributed by atoms with van der Waals surface area (Å²) in [5, 5.41) is 9.96. The first-order valence-electron chi connectivity index (χ1n) is 9.24. The second-order valence-corrected chi connectivity index (χ2v) is 7.19. The monoisotopic (exact) mass is 414 g/mol. The fourth-order valence-electron chi connectivity index (χ4n) is 3.01. The van der Waals surface area contributed by atoms with E-state index in [1.165, 1.54) is 13.2 Å². The zero-order valence-corrected chi connectivity index (χ0v) is 17.3. The number of H-pyrrole nitrogens is 1. The Bertz CT molecular complexity index is 1060. The Morgan fingerprint density at radius 3 is 2.69 bits per heavy atom. The molecule has 8 heteroatoms. The number of amides is 1. The number of halogens is 1. The molecule has 1 heterocycles. The van der Waals surface area contributed by atoms with E-state index in [9.17, 15) is 9.18 Å². The molecule has 1 atom stereocenters. The normalized spacial score (nSPS) is 11.9. The molecule has 2 N–H and O–H groups in total. The highest BCUT2D eigenvalue weighted by Gasteiger charge is 2.14. The fraction of sp³-hybridized carbons (Fsp3) is 0.286. The summed E-state index contributed by atoms with van der Waals surface area (Å²) in [6.07, 6.45) is 0.218.